The molecule has 28 heavy (non-hydrogen) atoms. The second-order valence-electron chi connectivity index (χ2n) is 7.50. The fourth-order valence-electron chi connectivity index (χ4n) is 3.95. The molecule has 0 amide bonds. The van der Waals surface area contributed by atoms with E-state index in [1.54, 1.807) is 12.1 Å². The number of likely N-dealkylation sites (tertiary alicyclic amines) is 1. The number of allylic oxidation sites excluding steroid dienone is 1. The van der Waals surface area contributed by atoms with Crippen LogP contribution in [0, 0.1) is 6.92 Å². The summed E-state index contributed by atoms with van der Waals surface area (Å²) in [4.78, 5) is 7.00. The highest BCUT2D eigenvalue weighted by Gasteiger charge is 2.25. The second kappa shape index (κ2) is 7.98. The Balaban J connectivity index is 1.46. The minimum absolute atomic E-state index is 0.268. The number of aryl methyl sites for hydroxylation is 1. The van der Waals surface area contributed by atoms with Crippen molar-refractivity contribution in [1.82, 2.24) is 19.7 Å². The Morgan fingerprint density at radius 3 is 3.00 bits per heavy atom. The van der Waals surface area contributed by atoms with Crippen LogP contribution in [0.25, 0.3) is 11.3 Å². The molecule has 1 aromatic carbocycles. The Morgan fingerprint density at radius 2 is 2.18 bits per heavy atom. The van der Waals surface area contributed by atoms with Crippen molar-refractivity contribution in [2.45, 2.75) is 32.4 Å². The lowest BCUT2D eigenvalue weighted by Gasteiger charge is -2.16. The summed E-state index contributed by atoms with van der Waals surface area (Å²) in [5.74, 6) is 0.770. The zero-order valence-electron chi connectivity index (χ0n) is 16.3. The van der Waals surface area contributed by atoms with Gasteiger partial charge in [-0.1, -0.05) is 18.2 Å². The molecule has 0 aliphatic carbocycles. The van der Waals surface area contributed by atoms with E-state index in [2.05, 4.69) is 46.8 Å². The summed E-state index contributed by atoms with van der Waals surface area (Å²) < 4.78 is 1.95. The maximum Gasteiger partial charge on any atom is 0.116 e. The lowest BCUT2D eigenvalue weighted by molar-refractivity contribution is 0.326. The van der Waals surface area contributed by atoms with Gasteiger partial charge in [-0.25, -0.2) is 0 Å². The molecule has 5 heteroatoms. The number of aromatic nitrogens is 3. The van der Waals surface area contributed by atoms with Crippen molar-refractivity contribution in [2.24, 2.45) is 0 Å². The van der Waals surface area contributed by atoms with Gasteiger partial charge in [-0.2, -0.15) is 5.10 Å². The standard InChI is InChI=1S/C23H26N4O/c1-3-10-27-16-21(17(2)25-27)15-26-11-8-20(14-26)18-7-9-24-23(13-18)19-5-4-6-22(28)12-19/h3-7,9,12-13,16,20,28H,1,8,10-11,14-15H2,2H3. The number of hydrogen-bond acceptors (Lipinski definition) is 4. The van der Waals surface area contributed by atoms with Gasteiger partial charge in [-0.05, 0) is 55.6 Å². The molecule has 3 aromatic rings. The topological polar surface area (TPSA) is 54.2 Å². The van der Waals surface area contributed by atoms with Crippen molar-refractivity contribution in [3.63, 3.8) is 0 Å². The highest BCUT2D eigenvalue weighted by atomic mass is 16.3. The van der Waals surface area contributed by atoms with Crippen LogP contribution in [0.1, 0.15) is 29.2 Å². The second-order valence-corrected chi connectivity index (χ2v) is 7.50. The van der Waals surface area contributed by atoms with Crippen LogP contribution in [0.4, 0.5) is 0 Å². The maximum absolute atomic E-state index is 9.74. The van der Waals surface area contributed by atoms with Crippen molar-refractivity contribution in [3.05, 3.63) is 78.3 Å². The number of hydrogen-bond donors (Lipinski definition) is 1. The molecule has 1 saturated heterocycles. The number of benzene rings is 1. The van der Waals surface area contributed by atoms with E-state index in [1.165, 1.54) is 11.1 Å². The number of aromatic hydroxyl groups is 1. The number of pyridine rings is 1. The fourth-order valence-corrected chi connectivity index (χ4v) is 3.95. The summed E-state index contributed by atoms with van der Waals surface area (Å²) in [6.45, 7) is 9.67. The lowest BCUT2D eigenvalue weighted by Crippen LogP contribution is -2.20. The maximum atomic E-state index is 9.74. The number of nitrogens with zero attached hydrogens (tertiary/aromatic N) is 4. The normalized spacial score (nSPS) is 17.1. The summed E-state index contributed by atoms with van der Waals surface area (Å²) in [6, 6.07) is 11.6. The summed E-state index contributed by atoms with van der Waals surface area (Å²) in [7, 11) is 0. The minimum atomic E-state index is 0.268. The molecular formula is C23H26N4O. The van der Waals surface area contributed by atoms with E-state index < -0.39 is 0 Å². The summed E-state index contributed by atoms with van der Waals surface area (Å²) >= 11 is 0. The Labute approximate surface area is 166 Å². The monoisotopic (exact) mass is 374 g/mol. The average molecular weight is 374 g/mol. The van der Waals surface area contributed by atoms with Gasteiger partial charge in [0.2, 0.25) is 0 Å². The lowest BCUT2D eigenvalue weighted by atomic mass is 9.97. The first kappa shape index (κ1) is 18.4. The quantitative estimate of drug-likeness (QED) is 0.659. The van der Waals surface area contributed by atoms with Crippen LogP contribution in [0.15, 0.2) is 61.4 Å². The first-order valence-corrected chi connectivity index (χ1v) is 9.74. The number of rotatable bonds is 6. The predicted octanol–water partition coefficient (Wildman–Crippen LogP) is 4.13. The van der Waals surface area contributed by atoms with Crippen LogP contribution >= 0.6 is 0 Å². The largest absolute Gasteiger partial charge is 0.508 e. The molecular weight excluding hydrogens is 348 g/mol. The molecule has 144 valence electrons. The van der Waals surface area contributed by atoms with E-state index >= 15 is 0 Å². The van der Waals surface area contributed by atoms with Gasteiger partial charge in [0.15, 0.2) is 0 Å². The fraction of sp³-hybridized carbons (Fsp3) is 0.304. The van der Waals surface area contributed by atoms with Gasteiger partial charge in [-0.15, -0.1) is 6.58 Å². The molecule has 1 aliphatic heterocycles. The van der Waals surface area contributed by atoms with E-state index in [9.17, 15) is 5.11 Å². The minimum Gasteiger partial charge on any atom is -0.508 e. The molecule has 5 nitrogen and oxygen atoms in total. The molecule has 3 heterocycles. The first-order chi connectivity index (χ1) is 13.6. The average Bonchev–Trinajstić information content (AvgIpc) is 3.29. The van der Waals surface area contributed by atoms with Crippen LogP contribution in [-0.2, 0) is 13.1 Å². The van der Waals surface area contributed by atoms with Gasteiger partial charge in [0.1, 0.15) is 5.75 Å². The van der Waals surface area contributed by atoms with E-state index in [-0.39, 0.29) is 5.75 Å². The van der Waals surface area contributed by atoms with Gasteiger partial charge in [0.25, 0.3) is 0 Å². The van der Waals surface area contributed by atoms with Crippen molar-refractivity contribution in [1.29, 1.82) is 0 Å². The molecule has 1 aliphatic rings. The van der Waals surface area contributed by atoms with Crippen LogP contribution in [-0.4, -0.2) is 37.9 Å². The van der Waals surface area contributed by atoms with Crippen LogP contribution in [0.2, 0.25) is 0 Å². The van der Waals surface area contributed by atoms with Gasteiger partial charge in [0.05, 0.1) is 17.9 Å². The van der Waals surface area contributed by atoms with Crippen molar-refractivity contribution in [2.75, 3.05) is 13.1 Å². The molecule has 0 radical (unpaired) electrons. The number of phenolic OH excluding ortho intramolecular Hbond substituents is 1. The van der Waals surface area contributed by atoms with Crippen molar-refractivity contribution in [3.8, 4) is 17.0 Å². The zero-order chi connectivity index (χ0) is 19.5. The van der Waals surface area contributed by atoms with E-state index in [0.29, 0.717) is 5.92 Å². The predicted molar refractivity (Wildman–Crippen MR) is 111 cm³/mol. The van der Waals surface area contributed by atoms with Gasteiger partial charge in [-0.3, -0.25) is 14.6 Å². The molecule has 0 saturated carbocycles. The highest BCUT2D eigenvalue weighted by molar-refractivity contribution is 5.61. The molecule has 1 atom stereocenters. The third-order valence-electron chi connectivity index (χ3n) is 5.43. The third-order valence-corrected chi connectivity index (χ3v) is 5.43. The molecule has 1 fully saturated rings. The first-order valence-electron chi connectivity index (χ1n) is 9.74. The summed E-state index contributed by atoms with van der Waals surface area (Å²) in [6.07, 6.45) is 7.02. The van der Waals surface area contributed by atoms with Gasteiger partial charge >= 0.3 is 0 Å². The number of phenols is 1. The van der Waals surface area contributed by atoms with Crippen LogP contribution in [0.5, 0.6) is 5.75 Å². The van der Waals surface area contributed by atoms with Crippen LogP contribution in [0.3, 0.4) is 0 Å². The Morgan fingerprint density at radius 1 is 1.29 bits per heavy atom. The molecule has 1 N–H and O–H groups in total. The Hall–Kier alpha value is -2.92. The summed E-state index contributed by atoms with van der Waals surface area (Å²) in [5, 5.41) is 14.3. The van der Waals surface area contributed by atoms with E-state index in [0.717, 1.165) is 49.6 Å². The molecule has 2 aromatic heterocycles. The molecule has 4 rings (SSSR count). The SMILES string of the molecule is C=CCn1cc(CN2CCC(c3ccnc(-c4cccc(O)c4)c3)C2)c(C)n1. The smallest absolute Gasteiger partial charge is 0.116 e. The highest BCUT2D eigenvalue weighted by Crippen LogP contribution is 2.31. The van der Waals surface area contributed by atoms with Gasteiger partial charge < -0.3 is 5.11 Å². The Kier molecular flexibility index (Phi) is 5.26. The van der Waals surface area contributed by atoms with Crippen molar-refractivity contribution >= 4 is 0 Å². The zero-order valence-corrected chi connectivity index (χ0v) is 16.3. The van der Waals surface area contributed by atoms with Gasteiger partial charge in [0, 0.05) is 36.6 Å². The summed E-state index contributed by atoms with van der Waals surface area (Å²) in [5.41, 5.74) is 5.56. The van der Waals surface area contributed by atoms with Crippen LogP contribution < -0.4 is 0 Å². The Bertz CT molecular complexity index is 978. The van der Waals surface area contributed by atoms with E-state index in [1.807, 2.05) is 29.1 Å². The van der Waals surface area contributed by atoms with Crippen molar-refractivity contribution < 1.29 is 5.11 Å². The van der Waals surface area contributed by atoms with E-state index in [4.69, 9.17) is 0 Å². The third kappa shape index (κ3) is 3.99. The molecule has 1 unspecified atom stereocenters. The molecule has 0 bridgehead atoms. The molecule has 0 spiro atoms.